The van der Waals surface area contributed by atoms with Crippen molar-refractivity contribution < 1.29 is 9.59 Å². The molecular weight excluding hydrogens is 228 g/mol. The van der Waals surface area contributed by atoms with Gasteiger partial charge in [0.05, 0.1) is 0 Å². The van der Waals surface area contributed by atoms with Crippen molar-refractivity contribution in [1.29, 1.82) is 0 Å². The Morgan fingerprint density at radius 1 is 0.500 bits per heavy atom. The molecule has 18 heavy (non-hydrogen) atoms. The van der Waals surface area contributed by atoms with Gasteiger partial charge in [-0.3, -0.25) is 9.59 Å². The molecule has 0 radical (unpaired) electrons. The summed E-state index contributed by atoms with van der Waals surface area (Å²) in [5.74, 6) is -0.530. The first-order valence-corrected chi connectivity index (χ1v) is 7.37. The van der Waals surface area contributed by atoms with Gasteiger partial charge in [0.15, 0.2) is 0 Å². The summed E-state index contributed by atoms with van der Waals surface area (Å²) in [4.78, 5) is 28.0. The van der Waals surface area contributed by atoms with Gasteiger partial charge in [0, 0.05) is 26.2 Å². The summed E-state index contributed by atoms with van der Waals surface area (Å²) < 4.78 is 0. The predicted molar refractivity (Wildman–Crippen MR) is 70.1 cm³/mol. The van der Waals surface area contributed by atoms with Gasteiger partial charge in [0.25, 0.3) is 0 Å². The van der Waals surface area contributed by atoms with Crippen molar-refractivity contribution in [2.24, 2.45) is 0 Å². The van der Waals surface area contributed by atoms with Crippen LogP contribution in [0.2, 0.25) is 0 Å². The molecule has 4 nitrogen and oxygen atoms in total. The van der Waals surface area contributed by atoms with Gasteiger partial charge in [-0.05, 0) is 25.7 Å². The molecule has 2 heterocycles. The number of carbonyl (C=O) groups excluding carboxylic acids is 2. The average molecular weight is 252 g/mol. The van der Waals surface area contributed by atoms with E-state index in [1.165, 1.54) is 25.7 Å². The SMILES string of the molecule is O=C1C(=O)N2CCCCCCN1CCCCCC2. The van der Waals surface area contributed by atoms with Crippen molar-refractivity contribution >= 4 is 11.8 Å². The van der Waals surface area contributed by atoms with E-state index in [0.717, 1.165) is 51.9 Å². The molecule has 0 aromatic heterocycles. The van der Waals surface area contributed by atoms with Crippen molar-refractivity contribution in [3.63, 3.8) is 0 Å². The van der Waals surface area contributed by atoms with Gasteiger partial charge < -0.3 is 9.80 Å². The number of nitrogens with zero attached hydrogens (tertiary/aromatic N) is 2. The minimum absolute atomic E-state index is 0.265. The molecule has 2 amide bonds. The smallest absolute Gasteiger partial charge is 0.312 e. The van der Waals surface area contributed by atoms with Crippen LogP contribution in [0.5, 0.6) is 0 Å². The molecule has 0 saturated carbocycles. The zero-order valence-electron chi connectivity index (χ0n) is 11.2. The summed E-state index contributed by atoms with van der Waals surface area (Å²) in [5.41, 5.74) is 0. The van der Waals surface area contributed by atoms with Gasteiger partial charge in [-0.1, -0.05) is 25.7 Å². The normalized spacial score (nSPS) is 24.2. The third-order valence-electron chi connectivity index (χ3n) is 3.97. The van der Waals surface area contributed by atoms with E-state index in [0.29, 0.717) is 0 Å². The zero-order chi connectivity index (χ0) is 12.8. The van der Waals surface area contributed by atoms with E-state index in [9.17, 15) is 9.59 Å². The molecule has 2 aliphatic heterocycles. The van der Waals surface area contributed by atoms with Crippen molar-refractivity contribution in [1.82, 2.24) is 9.80 Å². The summed E-state index contributed by atoms with van der Waals surface area (Å²) >= 11 is 0. The largest absolute Gasteiger partial charge is 0.334 e. The minimum atomic E-state index is -0.265. The zero-order valence-corrected chi connectivity index (χ0v) is 11.2. The number of hydrogen-bond acceptors (Lipinski definition) is 2. The highest BCUT2D eigenvalue weighted by Gasteiger charge is 2.27. The van der Waals surface area contributed by atoms with E-state index in [4.69, 9.17) is 0 Å². The average Bonchev–Trinajstić information content (AvgIpc) is 2.39. The van der Waals surface area contributed by atoms with Crippen LogP contribution >= 0.6 is 0 Å². The first kappa shape index (κ1) is 13.4. The second-order valence-electron chi connectivity index (χ2n) is 5.41. The lowest BCUT2D eigenvalue weighted by molar-refractivity contribution is -0.152. The summed E-state index contributed by atoms with van der Waals surface area (Å²) in [6, 6.07) is 0. The van der Waals surface area contributed by atoms with Crippen molar-refractivity contribution in [2.75, 3.05) is 26.2 Å². The highest BCUT2D eigenvalue weighted by atomic mass is 16.2. The number of carbonyl (C=O) groups is 2. The monoisotopic (exact) mass is 252 g/mol. The van der Waals surface area contributed by atoms with E-state index >= 15 is 0 Å². The maximum atomic E-state index is 12.2. The highest BCUT2D eigenvalue weighted by Crippen LogP contribution is 2.13. The van der Waals surface area contributed by atoms with E-state index in [1.54, 1.807) is 9.80 Å². The van der Waals surface area contributed by atoms with Crippen molar-refractivity contribution in [2.45, 2.75) is 51.4 Å². The van der Waals surface area contributed by atoms with Crippen LogP contribution in [0.15, 0.2) is 0 Å². The molecule has 0 unspecified atom stereocenters. The number of amides is 2. The lowest BCUT2D eigenvalue weighted by Crippen LogP contribution is -2.47. The molecule has 0 aromatic carbocycles. The lowest BCUT2D eigenvalue weighted by Gasteiger charge is -2.29. The first-order chi connectivity index (χ1) is 8.79. The molecule has 2 bridgehead atoms. The van der Waals surface area contributed by atoms with Crippen LogP contribution in [0.3, 0.4) is 0 Å². The number of hydrogen-bond donors (Lipinski definition) is 0. The molecule has 0 atom stereocenters. The standard InChI is InChI=1S/C14H24N2O2/c17-13-14(18)16-10-6-2-1-5-9-15(13)11-7-3-4-8-12-16/h1-12H2. The molecule has 0 spiro atoms. The second kappa shape index (κ2) is 6.76. The molecule has 2 aliphatic rings. The predicted octanol–water partition coefficient (Wildman–Crippen LogP) is 1.79. The van der Waals surface area contributed by atoms with E-state index in [-0.39, 0.29) is 11.8 Å². The molecule has 2 fully saturated rings. The first-order valence-electron chi connectivity index (χ1n) is 7.37. The van der Waals surface area contributed by atoms with Crippen molar-refractivity contribution in [3.05, 3.63) is 0 Å². The van der Waals surface area contributed by atoms with E-state index < -0.39 is 0 Å². The molecule has 102 valence electrons. The Balaban J connectivity index is 2.12. The van der Waals surface area contributed by atoms with Crippen LogP contribution in [0, 0.1) is 0 Å². The maximum Gasteiger partial charge on any atom is 0.312 e. The van der Waals surface area contributed by atoms with E-state index in [1.807, 2.05) is 0 Å². The van der Waals surface area contributed by atoms with Gasteiger partial charge in [-0.15, -0.1) is 0 Å². The summed E-state index contributed by atoms with van der Waals surface area (Å²) in [5, 5.41) is 0. The molecule has 2 saturated heterocycles. The number of rotatable bonds is 0. The van der Waals surface area contributed by atoms with Crippen molar-refractivity contribution in [3.8, 4) is 0 Å². The lowest BCUT2D eigenvalue weighted by atomic mass is 10.1. The third kappa shape index (κ3) is 3.47. The topological polar surface area (TPSA) is 40.6 Å². The van der Waals surface area contributed by atoms with Crippen LogP contribution in [0.4, 0.5) is 0 Å². The molecule has 0 aliphatic carbocycles. The van der Waals surface area contributed by atoms with Gasteiger partial charge in [0.1, 0.15) is 0 Å². The second-order valence-corrected chi connectivity index (χ2v) is 5.41. The van der Waals surface area contributed by atoms with Crippen LogP contribution in [-0.2, 0) is 9.59 Å². The molecule has 0 N–H and O–H groups in total. The van der Waals surface area contributed by atoms with Gasteiger partial charge in [0.2, 0.25) is 0 Å². The molecule has 0 aromatic rings. The van der Waals surface area contributed by atoms with Gasteiger partial charge in [-0.2, -0.15) is 0 Å². The van der Waals surface area contributed by atoms with Crippen LogP contribution < -0.4 is 0 Å². The van der Waals surface area contributed by atoms with Crippen LogP contribution in [0.1, 0.15) is 51.4 Å². The Morgan fingerprint density at radius 3 is 1.06 bits per heavy atom. The Hall–Kier alpha value is -1.06. The summed E-state index contributed by atoms with van der Waals surface area (Å²) in [6.07, 6.45) is 8.85. The minimum Gasteiger partial charge on any atom is -0.334 e. The fourth-order valence-corrected chi connectivity index (χ4v) is 2.82. The van der Waals surface area contributed by atoms with Gasteiger partial charge >= 0.3 is 11.8 Å². The Morgan fingerprint density at radius 2 is 0.778 bits per heavy atom. The Kier molecular flexibility index (Phi) is 5.02. The fraction of sp³-hybridized carbons (Fsp3) is 0.857. The Bertz CT molecular complexity index is 258. The highest BCUT2D eigenvalue weighted by molar-refractivity contribution is 6.34. The quantitative estimate of drug-likeness (QED) is 0.617. The molecule has 4 heteroatoms. The fourth-order valence-electron chi connectivity index (χ4n) is 2.82. The Labute approximate surface area is 109 Å². The van der Waals surface area contributed by atoms with Gasteiger partial charge in [-0.25, -0.2) is 0 Å². The van der Waals surface area contributed by atoms with Crippen LogP contribution in [0.25, 0.3) is 0 Å². The maximum absolute atomic E-state index is 12.2. The molecule has 2 rings (SSSR count). The van der Waals surface area contributed by atoms with E-state index in [2.05, 4.69) is 0 Å². The summed E-state index contributed by atoms with van der Waals surface area (Å²) in [7, 11) is 0. The van der Waals surface area contributed by atoms with Crippen LogP contribution in [-0.4, -0.2) is 47.8 Å². The third-order valence-corrected chi connectivity index (χ3v) is 3.97. The summed E-state index contributed by atoms with van der Waals surface area (Å²) in [6.45, 7) is 3.05. The number of fused-ring (bicyclic) bond motifs is 3. The molecular formula is C14H24N2O2.